The molecule has 1 aliphatic rings. The highest BCUT2D eigenvalue weighted by molar-refractivity contribution is 7.90. The van der Waals surface area contributed by atoms with Gasteiger partial charge in [0.2, 0.25) is 11.7 Å². The molecule has 0 aliphatic carbocycles. The molecule has 0 spiro atoms. The first-order valence-corrected chi connectivity index (χ1v) is 11.1. The van der Waals surface area contributed by atoms with Crippen molar-refractivity contribution in [1.82, 2.24) is 20.0 Å². The van der Waals surface area contributed by atoms with E-state index in [2.05, 4.69) is 26.1 Å². The Labute approximate surface area is 164 Å². The molecule has 1 aliphatic heterocycles. The molecule has 0 atom stereocenters. The molecule has 146 valence electrons. The number of hydrogen-bond donors (Lipinski definition) is 0. The third-order valence-electron chi connectivity index (χ3n) is 5.03. The van der Waals surface area contributed by atoms with Crippen molar-refractivity contribution in [1.29, 1.82) is 0 Å². The van der Waals surface area contributed by atoms with E-state index in [9.17, 15) is 8.42 Å². The number of hydrogen-bond acceptors (Lipinski definition) is 7. The van der Waals surface area contributed by atoms with Crippen LogP contribution in [0.1, 0.15) is 30.2 Å². The molecule has 1 aromatic carbocycles. The van der Waals surface area contributed by atoms with Crippen molar-refractivity contribution >= 4 is 9.84 Å². The zero-order valence-electron chi connectivity index (χ0n) is 15.7. The van der Waals surface area contributed by atoms with Crippen LogP contribution in [0, 0.1) is 0 Å². The van der Waals surface area contributed by atoms with Gasteiger partial charge >= 0.3 is 0 Å². The maximum Gasteiger partial charge on any atom is 0.230 e. The third-order valence-corrected chi connectivity index (χ3v) is 6.14. The van der Waals surface area contributed by atoms with Crippen molar-refractivity contribution in [2.75, 3.05) is 19.3 Å². The van der Waals surface area contributed by atoms with Crippen LogP contribution in [-0.2, 0) is 16.4 Å². The second-order valence-electron chi connectivity index (χ2n) is 7.17. The molecular weight excluding hydrogens is 376 g/mol. The van der Waals surface area contributed by atoms with Gasteiger partial charge in [0.05, 0.1) is 4.90 Å². The summed E-state index contributed by atoms with van der Waals surface area (Å²) in [6.07, 6.45) is 6.78. The fourth-order valence-electron chi connectivity index (χ4n) is 3.47. The van der Waals surface area contributed by atoms with Crippen LogP contribution in [0.15, 0.2) is 58.2 Å². The van der Waals surface area contributed by atoms with E-state index in [4.69, 9.17) is 4.52 Å². The van der Waals surface area contributed by atoms with E-state index in [-0.39, 0.29) is 10.8 Å². The van der Waals surface area contributed by atoms with E-state index in [0.29, 0.717) is 17.3 Å². The largest absolute Gasteiger partial charge is 0.339 e. The SMILES string of the molecule is CS(=O)(=O)c1cccc(-c2noc(C3CCN(Cc4cccnc4)CC3)n2)c1. The summed E-state index contributed by atoms with van der Waals surface area (Å²) < 4.78 is 29.0. The van der Waals surface area contributed by atoms with E-state index in [1.807, 2.05) is 12.3 Å². The molecule has 4 rings (SSSR count). The summed E-state index contributed by atoms with van der Waals surface area (Å²) in [7, 11) is -3.28. The summed E-state index contributed by atoms with van der Waals surface area (Å²) in [4.78, 5) is 11.4. The van der Waals surface area contributed by atoms with Gasteiger partial charge < -0.3 is 4.52 Å². The molecule has 8 heteroatoms. The van der Waals surface area contributed by atoms with Gasteiger partial charge in [-0.2, -0.15) is 4.98 Å². The van der Waals surface area contributed by atoms with Gasteiger partial charge in [-0.15, -0.1) is 0 Å². The molecule has 0 radical (unpaired) electrons. The molecule has 0 unspecified atom stereocenters. The fourth-order valence-corrected chi connectivity index (χ4v) is 4.14. The van der Waals surface area contributed by atoms with Gasteiger partial charge in [0.1, 0.15) is 0 Å². The number of likely N-dealkylation sites (tertiary alicyclic amines) is 1. The molecule has 0 bridgehead atoms. The van der Waals surface area contributed by atoms with Crippen LogP contribution >= 0.6 is 0 Å². The van der Waals surface area contributed by atoms with Crippen LogP contribution in [0.4, 0.5) is 0 Å². The normalized spacial score (nSPS) is 16.3. The number of aromatic nitrogens is 3. The average Bonchev–Trinajstić information content (AvgIpc) is 3.19. The molecule has 3 heterocycles. The Balaban J connectivity index is 1.42. The van der Waals surface area contributed by atoms with Gasteiger partial charge in [0.25, 0.3) is 0 Å². The second kappa shape index (κ2) is 7.81. The highest BCUT2D eigenvalue weighted by Crippen LogP contribution is 2.29. The smallest absolute Gasteiger partial charge is 0.230 e. The number of piperidine rings is 1. The highest BCUT2D eigenvalue weighted by atomic mass is 32.2. The van der Waals surface area contributed by atoms with Gasteiger partial charge in [-0.1, -0.05) is 23.4 Å². The molecule has 0 N–H and O–H groups in total. The van der Waals surface area contributed by atoms with Crippen molar-refractivity contribution in [3.8, 4) is 11.4 Å². The maximum atomic E-state index is 11.8. The second-order valence-corrected chi connectivity index (χ2v) is 9.18. The predicted octanol–water partition coefficient (Wildman–Crippen LogP) is 2.91. The molecule has 0 saturated carbocycles. The molecule has 0 amide bonds. The quantitative estimate of drug-likeness (QED) is 0.653. The van der Waals surface area contributed by atoms with E-state index >= 15 is 0 Å². The Morgan fingerprint density at radius 3 is 2.71 bits per heavy atom. The number of rotatable bonds is 5. The lowest BCUT2D eigenvalue weighted by molar-refractivity contribution is 0.187. The summed E-state index contributed by atoms with van der Waals surface area (Å²) in [5.41, 5.74) is 1.86. The predicted molar refractivity (Wildman–Crippen MR) is 104 cm³/mol. The first-order valence-electron chi connectivity index (χ1n) is 9.24. The highest BCUT2D eigenvalue weighted by Gasteiger charge is 2.25. The molecule has 2 aromatic heterocycles. The summed E-state index contributed by atoms with van der Waals surface area (Å²) in [5, 5.41) is 4.07. The standard InChI is InChI=1S/C20H22N4O3S/c1-28(25,26)18-6-2-5-17(12-18)19-22-20(27-23-19)16-7-10-24(11-8-16)14-15-4-3-9-21-13-15/h2-6,9,12-13,16H,7-8,10-11,14H2,1H3. The van der Waals surface area contributed by atoms with Crippen LogP contribution in [-0.4, -0.2) is 47.8 Å². The first kappa shape index (κ1) is 18.8. The molecular formula is C20H22N4O3S. The zero-order chi connectivity index (χ0) is 19.6. The van der Waals surface area contributed by atoms with E-state index in [1.165, 1.54) is 11.8 Å². The third kappa shape index (κ3) is 4.28. The van der Waals surface area contributed by atoms with Crippen molar-refractivity contribution in [2.24, 2.45) is 0 Å². The Morgan fingerprint density at radius 2 is 2.00 bits per heavy atom. The van der Waals surface area contributed by atoms with Crippen LogP contribution in [0.3, 0.4) is 0 Å². The number of sulfone groups is 1. The van der Waals surface area contributed by atoms with Crippen molar-refractivity contribution in [2.45, 2.75) is 30.2 Å². The summed E-state index contributed by atoms with van der Waals surface area (Å²) in [6, 6.07) is 10.7. The lowest BCUT2D eigenvalue weighted by Gasteiger charge is -2.30. The minimum Gasteiger partial charge on any atom is -0.339 e. The van der Waals surface area contributed by atoms with Gasteiger partial charge in [0, 0.05) is 36.7 Å². The average molecular weight is 398 g/mol. The lowest BCUT2D eigenvalue weighted by Crippen LogP contribution is -2.32. The number of benzene rings is 1. The zero-order valence-corrected chi connectivity index (χ0v) is 16.5. The molecule has 28 heavy (non-hydrogen) atoms. The van der Waals surface area contributed by atoms with Gasteiger partial charge in [-0.3, -0.25) is 9.88 Å². The first-order chi connectivity index (χ1) is 13.5. The maximum absolute atomic E-state index is 11.8. The van der Waals surface area contributed by atoms with Crippen LogP contribution in [0.2, 0.25) is 0 Å². The minimum atomic E-state index is -3.28. The Bertz CT molecular complexity index is 1040. The van der Waals surface area contributed by atoms with Crippen LogP contribution in [0.5, 0.6) is 0 Å². The minimum absolute atomic E-state index is 0.226. The molecule has 7 nitrogen and oxygen atoms in total. The number of nitrogens with zero attached hydrogens (tertiary/aromatic N) is 4. The molecule has 3 aromatic rings. The summed E-state index contributed by atoms with van der Waals surface area (Å²) in [5.74, 6) is 1.28. The van der Waals surface area contributed by atoms with Gasteiger partial charge in [-0.05, 0) is 49.7 Å². The summed E-state index contributed by atoms with van der Waals surface area (Å²) >= 11 is 0. The van der Waals surface area contributed by atoms with Crippen molar-refractivity contribution in [3.05, 3.63) is 60.2 Å². The van der Waals surface area contributed by atoms with Gasteiger partial charge in [-0.25, -0.2) is 8.42 Å². The Hall–Kier alpha value is -2.58. The van der Waals surface area contributed by atoms with E-state index in [0.717, 1.165) is 32.5 Å². The topological polar surface area (TPSA) is 89.2 Å². The fraction of sp³-hybridized carbons (Fsp3) is 0.350. The Morgan fingerprint density at radius 1 is 1.18 bits per heavy atom. The van der Waals surface area contributed by atoms with Crippen molar-refractivity contribution < 1.29 is 12.9 Å². The monoisotopic (exact) mass is 398 g/mol. The number of pyridine rings is 1. The van der Waals surface area contributed by atoms with E-state index < -0.39 is 9.84 Å². The van der Waals surface area contributed by atoms with Gasteiger partial charge in [0.15, 0.2) is 9.84 Å². The Kier molecular flexibility index (Phi) is 5.23. The van der Waals surface area contributed by atoms with Crippen LogP contribution in [0.25, 0.3) is 11.4 Å². The van der Waals surface area contributed by atoms with Crippen LogP contribution < -0.4 is 0 Å². The van der Waals surface area contributed by atoms with E-state index in [1.54, 1.807) is 30.5 Å². The molecule has 1 saturated heterocycles. The lowest BCUT2D eigenvalue weighted by atomic mass is 9.96. The van der Waals surface area contributed by atoms with Crippen molar-refractivity contribution in [3.63, 3.8) is 0 Å². The molecule has 1 fully saturated rings. The summed E-state index contributed by atoms with van der Waals surface area (Å²) in [6.45, 7) is 2.82.